The van der Waals surface area contributed by atoms with Crippen molar-refractivity contribution in [3.63, 3.8) is 0 Å². The van der Waals surface area contributed by atoms with Gasteiger partial charge in [0.05, 0.1) is 0 Å². The largest absolute Gasteiger partial charge is 0.356 e. The molecule has 0 radical (unpaired) electrons. The minimum atomic E-state index is -0.544. The SMILES string of the molecule is CC(=O)NCC1CCCN(C(=O)C(=O)NCCCn2ccc3ccccc32)C1. The molecular formula is C21H28N4O3. The first-order valence-electron chi connectivity index (χ1n) is 9.90. The van der Waals surface area contributed by atoms with E-state index < -0.39 is 11.8 Å². The van der Waals surface area contributed by atoms with Crippen LogP contribution in [-0.4, -0.2) is 53.4 Å². The van der Waals surface area contributed by atoms with Gasteiger partial charge in [0.25, 0.3) is 0 Å². The van der Waals surface area contributed by atoms with Crippen molar-refractivity contribution in [1.82, 2.24) is 20.1 Å². The van der Waals surface area contributed by atoms with Crippen LogP contribution in [0.4, 0.5) is 0 Å². The first kappa shape index (κ1) is 19.9. The molecule has 1 saturated heterocycles. The van der Waals surface area contributed by atoms with Gasteiger partial charge in [0.15, 0.2) is 0 Å². The number of amides is 3. The molecule has 2 aromatic rings. The van der Waals surface area contributed by atoms with E-state index in [0.29, 0.717) is 26.2 Å². The molecule has 0 aliphatic carbocycles. The van der Waals surface area contributed by atoms with E-state index in [1.807, 2.05) is 18.3 Å². The number of hydrogen-bond acceptors (Lipinski definition) is 3. The zero-order chi connectivity index (χ0) is 19.9. The lowest BCUT2D eigenvalue weighted by atomic mass is 9.98. The number of carbonyl (C=O) groups excluding carboxylic acids is 3. The third kappa shape index (κ3) is 5.12. The zero-order valence-electron chi connectivity index (χ0n) is 16.3. The molecule has 1 aliphatic heterocycles. The van der Waals surface area contributed by atoms with Crippen molar-refractivity contribution < 1.29 is 14.4 Å². The lowest BCUT2D eigenvalue weighted by Gasteiger charge is -2.32. The third-order valence-electron chi connectivity index (χ3n) is 5.18. The van der Waals surface area contributed by atoms with Crippen molar-refractivity contribution in [2.75, 3.05) is 26.2 Å². The van der Waals surface area contributed by atoms with E-state index in [1.165, 1.54) is 17.8 Å². The second-order valence-electron chi connectivity index (χ2n) is 7.37. The van der Waals surface area contributed by atoms with E-state index in [2.05, 4.69) is 33.4 Å². The predicted octanol–water partition coefficient (Wildman–Crippen LogP) is 1.52. The van der Waals surface area contributed by atoms with Crippen LogP contribution in [0, 0.1) is 5.92 Å². The van der Waals surface area contributed by atoms with E-state index in [4.69, 9.17) is 0 Å². The molecule has 7 heteroatoms. The number of carbonyl (C=O) groups is 3. The summed E-state index contributed by atoms with van der Waals surface area (Å²) in [7, 11) is 0. The second kappa shape index (κ2) is 9.39. The Hall–Kier alpha value is -2.83. The average Bonchev–Trinajstić information content (AvgIpc) is 3.12. The van der Waals surface area contributed by atoms with Gasteiger partial charge in [-0.1, -0.05) is 18.2 Å². The summed E-state index contributed by atoms with van der Waals surface area (Å²) in [5.74, 6) is -0.885. The standard InChI is InChI=1S/C21H28N4O3/c1-16(26)23-14-17-6-4-11-25(15-17)21(28)20(27)22-10-5-12-24-13-9-18-7-2-3-8-19(18)24/h2-3,7-9,13,17H,4-6,10-12,14-15H2,1H3,(H,22,27)(H,23,26). The molecule has 1 aromatic carbocycles. The minimum Gasteiger partial charge on any atom is -0.356 e. The summed E-state index contributed by atoms with van der Waals surface area (Å²) >= 11 is 0. The quantitative estimate of drug-likeness (QED) is 0.585. The molecule has 1 unspecified atom stereocenters. The first-order valence-corrected chi connectivity index (χ1v) is 9.90. The molecule has 150 valence electrons. The smallest absolute Gasteiger partial charge is 0.311 e. The van der Waals surface area contributed by atoms with Gasteiger partial charge in [-0.05, 0) is 42.7 Å². The van der Waals surface area contributed by atoms with Crippen LogP contribution in [0.25, 0.3) is 10.9 Å². The molecular weight excluding hydrogens is 356 g/mol. The molecule has 3 rings (SSSR count). The average molecular weight is 384 g/mol. The maximum absolute atomic E-state index is 12.4. The summed E-state index contributed by atoms with van der Waals surface area (Å²) in [6.07, 6.45) is 4.60. The van der Waals surface area contributed by atoms with Gasteiger partial charge in [0.1, 0.15) is 0 Å². The number of benzene rings is 1. The summed E-state index contributed by atoms with van der Waals surface area (Å²) in [6.45, 7) is 4.38. The molecule has 7 nitrogen and oxygen atoms in total. The van der Waals surface area contributed by atoms with Gasteiger partial charge in [-0.2, -0.15) is 0 Å². The van der Waals surface area contributed by atoms with Gasteiger partial charge in [-0.25, -0.2) is 0 Å². The minimum absolute atomic E-state index is 0.0725. The summed E-state index contributed by atoms with van der Waals surface area (Å²) in [6, 6.07) is 10.2. The van der Waals surface area contributed by atoms with Crippen molar-refractivity contribution in [3.05, 3.63) is 36.5 Å². The van der Waals surface area contributed by atoms with E-state index in [9.17, 15) is 14.4 Å². The molecule has 0 saturated carbocycles. The van der Waals surface area contributed by atoms with Gasteiger partial charge in [0, 0.05) is 51.4 Å². The molecule has 28 heavy (non-hydrogen) atoms. The van der Waals surface area contributed by atoms with Crippen LogP contribution in [0.3, 0.4) is 0 Å². The third-order valence-corrected chi connectivity index (χ3v) is 5.18. The Morgan fingerprint density at radius 1 is 1.14 bits per heavy atom. The van der Waals surface area contributed by atoms with Crippen LogP contribution in [0.2, 0.25) is 0 Å². The van der Waals surface area contributed by atoms with Crippen molar-refractivity contribution in [2.24, 2.45) is 5.92 Å². The molecule has 1 atom stereocenters. The van der Waals surface area contributed by atoms with Crippen molar-refractivity contribution >= 4 is 28.6 Å². The van der Waals surface area contributed by atoms with Crippen LogP contribution >= 0.6 is 0 Å². The van der Waals surface area contributed by atoms with Crippen molar-refractivity contribution in [2.45, 2.75) is 32.7 Å². The Morgan fingerprint density at radius 2 is 1.96 bits per heavy atom. The fourth-order valence-corrected chi connectivity index (χ4v) is 3.71. The zero-order valence-corrected chi connectivity index (χ0v) is 16.3. The van der Waals surface area contributed by atoms with Gasteiger partial charge in [-0.15, -0.1) is 0 Å². The molecule has 2 heterocycles. The Morgan fingerprint density at radius 3 is 2.79 bits per heavy atom. The highest BCUT2D eigenvalue weighted by Crippen LogP contribution is 2.16. The number of fused-ring (bicyclic) bond motifs is 1. The Bertz CT molecular complexity index is 845. The summed E-state index contributed by atoms with van der Waals surface area (Å²) in [5.41, 5.74) is 1.17. The van der Waals surface area contributed by atoms with E-state index in [1.54, 1.807) is 4.90 Å². The van der Waals surface area contributed by atoms with E-state index >= 15 is 0 Å². The highest BCUT2D eigenvalue weighted by atomic mass is 16.2. The summed E-state index contributed by atoms with van der Waals surface area (Å²) in [4.78, 5) is 37.3. The van der Waals surface area contributed by atoms with Gasteiger partial charge < -0.3 is 20.1 Å². The highest BCUT2D eigenvalue weighted by molar-refractivity contribution is 6.35. The topological polar surface area (TPSA) is 83.4 Å². The number of piperidine rings is 1. The maximum Gasteiger partial charge on any atom is 0.311 e. The number of hydrogen-bond donors (Lipinski definition) is 2. The predicted molar refractivity (Wildman–Crippen MR) is 108 cm³/mol. The number of nitrogens with zero attached hydrogens (tertiary/aromatic N) is 2. The van der Waals surface area contributed by atoms with E-state index in [0.717, 1.165) is 25.8 Å². The lowest BCUT2D eigenvalue weighted by molar-refractivity contribution is -0.147. The Balaban J connectivity index is 1.41. The Kier molecular flexibility index (Phi) is 6.68. The lowest BCUT2D eigenvalue weighted by Crippen LogP contribution is -2.49. The van der Waals surface area contributed by atoms with Crippen LogP contribution in [0.5, 0.6) is 0 Å². The van der Waals surface area contributed by atoms with Crippen molar-refractivity contribution in [1.29, 1.82) is 0 Å². The molecule has 0 bridgehead atoms. The van der Waals surface area contributed by atoms with Crippen LogP contribution in [0.15, 0.2) is 36.5 Å². The van der Waals surface area contributed by atoms with Gasteiger partial charge in [-0.3, -0.25) is 14.4 Å². The molecule has 0 spiro atoms. The van der Waals surface area contributed by atoms with E-state index in [-0.39, 0.29) is 11.8 Å². The van der Waals surface area contributed by atoms with Crippen molar-refractivity contribution in [3.8, 4) is 0 Å². The maximum atomic E-state index is 12.4. The van der Waals surface area contributed by atoms with Crippen LogP contribution in [-0.2, 0) is 20.9 Å². The number of aromatic nitrogens is 1. The fourth-order valence-electron chi connectivity index (χ4n) is 3.71. The second-order valence-corrected chi connectivity index (χ2v) is 7.37. The summed E-state index contributed by atoms with van der Waals surface area (Å²) in [5, 5.41) is 6.73. The van der Waals surface area contributed by atoms with Gasteiger partial charge in [0.2, 0.25) is 5.91 Å². The highest BCUT2D eigenvalue weighted by Gasteiger charge is 2.27. The monoisotopic (exact) mass is 384 g/mol. The molecule has 1 fully saturated rings. The van der Waals surface area contributed by atoms with Crippen LogP contribution in [0.1, 0.15) is 26.2 Å². The Labute approximate surface area is 165 Å². The number of likely N-dealkylation sites (tertiary alicyclic amines) is 1. The summed E-state index contributed by atoms with van der Waals surface area (Å²) < 4.78 is 2.15. The molecule has 2 N–H and O–H groups in total. The normalized spacial score (nSPS) is 16.8. The first-order chi connectivity index (χ1) is 13.5. The fraction of sp³-hybridized carbons (Fsp3) is 0.476. The number of para-hydroxylation sites is 1. The molecule has 1 aliphatic rings. The van der Waals surface area contributed by atoms with Gasteiger partial charge >= 0.3 is 11.8 Å². The molecule has 3 amide bonds. The number of rotatable bonds is 6. The molecule has 1 aromatic heterocycles. The number of aryl methyl sites for hydroxylation is 1. The van der Waals surface area contributed by atoms with Crippen LogP contribution < -0.4 is 10.6 Å². The number of nitrogens with one attached hydrogen (secondary N) is 2.